The van der Waals surface area contributed by atoms with Gasteiger partial charge in [-0.25, -0.2) is 0 Å². The molecule has 0 fully saturated rings. The maximum Gasteiger partial charge on any atom is 0.0462 e. The van der Waals surface area contributed by atoms with Crippen LogP contribution >= 0.6 is 0 Å². The Morgan fingerprint density at radius 3 is 1.40 bits per heavy atom. The summed E-state index contributed by atoms with van der Waals surface area (Å²) < 4.78 is 0. The Labute approximate surface area is 352 Å². The van der Waals surface area contributed by atoms with Gasteiger partial charge in [-0.1, -0.05) is 196 Å². The fourth-order valence-corrected chi connectivity index (χ4v) is 9.69. The van der Waals surface area contributed by atoms with Gasteiger partial charge in [-0.05, 0) is 131 Å². The van der Waals surface area contributed by atoms with Crippen LogP contribution in [0.1, 0.15) is 25.0 Å². The number of nitrogens with zero attached hydrogens (tertiary/aromatic N) is 1. The molecule has 1 nitrogen and oxygen atoms in total. The smallest absolute Gasteiger partial charge is 0.0462 e. The van der Waals surface area contributed by atoms with E-state index in [0.29, 0.717) is 0 Å². The Morgan fingerprint density at radius 2 is 0.783 bits per heavy atom. The van der Waals surface area contributed by atoms with Crippen molar-refractivity contribution in [3.63, 3.8) is 0 Å². The van der Waals surface area contributed by atoms with Crippen LogP contribution in [0.5, 0.6) is 0 Å². The van der Waals surface area contributed by atoms with Gasteiger partial charge >= 0.3 is 0 Å². The molecule has 10 aromatic rings. The van der Waals surface area contributed by atoms with Gasteiger partial charge < -0.3 is 4.90 Å². The fraction of sp³-hybridized carbons (Fsp3) is 0.0508. The van der Waals surface area contributed by atoms with Crippen LogP contribution in [0.15, 0.2) is 224 Å². The minimum Gasteiger partial charge on any atom is -0.311 e. The number of anilines is 3. The van der Waals surface area contributed by atoms with Gasteiger partial charge in [-0.15, -0.1) is 0 Å². The number of fused-ring (bicyclic) bond motifs is 3. The number of hydrogen-bond donors (Lipinski definition) is 0. The highest BCUT2D eigenvalue weighted by Crippen LogP contribution is 2.54. The molecule has 0 aliphatic heterocycles. The third-order valence-electron chi connectivity index (χ3n) is 12.6. The van der Waals surface area contributed by atoms with E-state index < -0.39 is 0 Å². The monoisotopic (exact) mass is 765 g/mol. The lowest BCUT2D eigenvalue weighted by molar-refractivity contribution is 0.647. The summed E-state index contributed by atoms with van der Waals surface area (Å²) in [5.41, 5.74) is 18.3. The summed E-state index contributed by atoms with van der Waals surface area (Å²) in [5, 5.41) is 5.16. The van der Waals surface area contributed by atoms with E-state index in [-0.39, 0.29) is 5.41 Å². The normalized spacial score (nSPS) is 12.6. The lowest BCUT2D eigenvalue weighted by atomic mass is 9.65. The molecular formula is C59H43N. The van der Waals surface area contributed by atoms with Gasteiger partial charge in [-0.2, -0.15) is 0 Å². The highest BCUT2D eigenvalue weighted by atomic mass is 15.1. The second-order valence-corrected chi connectivity index (χ2v) is 16.5. The van der Waals surface area contributed by atoms with E-state index in [1.165, 1.54) is 88.3 Å². The van der Waals surface area contributed by atoms with Crippen molar-refractivity contribution in [2.24, 2.45) is 0 Å². The number of rotatable bonds is 7. The lowest BCUT2D eigenvalue weighted by Gasteiger charge is -2.38. The first-order valence-electron chi connectivity index (χ1n) is 20.9. The van der Waals surface area contributed by atoms with E-state index in [4.69, 9.17) is 0 Å². The van der Waals surface area contributed by atoms with Gasteiger partial charge in [0.2, 0.25) is 0 Å². The molecule has 0 bridgehead atoms. The lowest BCUT2D eigenvalue weighted by Crippen LogP contribution is -2.25. The van der Waals surface area contributed by atoms with Crippen LogP contribution in [0.2, 0.25) is 0 Å². The third kappa shape index (κ3) is 6.01. The van der Waals surface area contributed by atoms with Gasteiger partial charge in [-0.3, -0.25) is 0 Å². The van der Waals surface area contributed by atoms with Crippen LogP contribution in [0.3, 0.4) is 0 Å². The van der Waals surface area contributed by atoms with Gasteiger partial charge in [0.05, 0.1) is 0 Å². The second-order valence-electron chi connectivity index (χ2n) is 16.5. The Bertz CT molecular complexity index is 3100. The van der Waals surface area contributed by atoms with Gasteiger partial charge in [0.1, 0.15) is 0 Å². The molecule has 10 aromatic carbocycles. The van der Waals surface area contributed by atoms with Crippen LogP contribution in [0.25, 0.3) is 77.2 Å². The highest BCUT2D eigenvalue weighted by Gasteiger charge is 2.36. The van der Waals surface area contributed by atoms with Crippen molar-refractivity contribution in [3.05, 3.63) is 236 Å². The maximum absolute atomic E-state index is 2.41. The van der Waals surface area contributed by atoms with Crippen molar-refractivity contribution < 1.29 is 0 Å². The predicted octanol–water partition coefficient (Wildman–Crippen LogP) is 16.4. The van der Waals surface area contributed by atoms with Crippen LogP contribution in [0, 0.1) is 0 Å². The Balaban J connectivity index is 1.04. The highest BCUT2D eigenvalue weighted by molar-refractivity contribution is 6.10. The van der Waals surface area contributed by atoms with E-state index in [0.717, 1.165) is 17.1 Å². The molecule has 0 atom stereocenters. The average Bonchev–Trinajstić information content (AvgIpc) is 3.31. The Hall–Kier alpha value is -7.48. The molecule has 0 heterocycles. The summed E-state index contributed by atoms with van der Waals surface area (Å²) >= 11 is 0. The Kier molecular flexibility index (Phi) is 8.57. The molecule has 0 spiro atoms. The first-order chi connectivity index (χ1) is 29.5. The molecule has 60 heavy (non-hydrogen) atoms. The molecule has 11 rings (SSSR count). The zero-order chi connectivity index (χ0) is 40.2. The molecule has 0 N–H and O–H groups in total. The van der Waals surface area contributed by atoms with Crippen molar-refractivity contribution in [3.8, 4) is 55.6 Å². The molecule has 284 valence electrons. The van der Waals surface area contributed by atoms with E-state index in [1.54, 1.807) is 0 Å². The quantitative estimate of drug-likeness (QED) is 0.156. The molecule has 0 radical (unpaired) electrons. The SMILES string of the molecule is CC1(C)c2c(-c3ccc4ccccc4c3)cccc2-c2c(-c3ccc(N(c4ccc(-c5ccccc5)cc4)c4ccc(-c5ccccc5)cc4)cc3)ccc3cccc1c23. The molecule has 0 unspecified atom stereocenters. The van der Waals surface area contributed by atoms with Gasteiger partial charge in [0.15, 0.2) is 0 Å². The van der Waals surface area contributed by atoms with Crippen LogP contribution in [-0.2, 0) is 5.41 Å². The Morgan fingerprint density at radius 1 is 0.317 bits per heavy atom. The van der Waals surface area contributed by atoms with Crippen molar-refractivity contribution in [1.82, 2.24) is 0 Å². The molecule has 1 heteroatoms. The largest absolute Gasteiger partial charge is 0.311 e. The summed E-state index contributed by atoms with van der Waals surface area (Å²) in [6.45, 7) is 4.81. The van der Waals surface area contributed by atoms with Gasteiger partial charge in [0.25, 0.3) is 0 Å². The van der Waals surface area contributed by atoms with E-state index in [9.17, 15) is 0 Å². The second kappa shape index (κ2) is 14.4. The predicted molar refractivity (Wildman–Crippen MR) is 255 cm³/mol. The molecule has 0 saturated heterocycles. The van der Waals surface area contributed by atoms with E-state index in [2.05, 4.69) is 243 Å². The van der Waals surface area contributed by atoms with Crippen molar-refractivity contribution >= 4 is 38.6 Å². The average molecular weight is 766 g/mol. The molecule has 0 aromatic heterocycles. The van der Waals surface area contributed by atoms with E-state index in [1.807, 2.05) is 0 Å². The first-order valence-corrected chi connectivity index (χ1v) is 20.9. The van der Waals surface area contributed by atoms with Crippen molar-refractivity contribution in [1.29, 1.82) is 0 Å². The molecule has 1 aliphatic rings. The summed E-state index contributed by atoms with van der Waals surface area (Å²) in [7, 11) is 0. The van der Waals surface area contributed by atoms with Crippen LogP contribution < -0.4 is 4.90 Å². The molecule has 1 aliphatic carbocycles. The fourth-order valence-electron chi connectivity index (χ4n) is 9.69. The maximum atomic E-state index is 2.41. The molecular weight excluding hydrogens is 723 g/mol. The summed E-state index contributed by atoms with van der Waals surface area (Å²) in [5.74, 6) is 0. The first kappa shape index (κ1) is 35.7. The minimum atomic E-state index is -0.209. The number of hydrogen-bond acceptors (Lipinski definition) is 1. The zero-order valence-electron chi connectivity index (χ0n) is 33.8. The molecule has 0 amide bonds. The minimum absolute atomic E-state index is 0.209. The standard InChI is InChI=1S/C59H43N/c1-59(2)55-22-11-19-46-31-38-52(57(56(46)55)54-21-12-20-53(58(54)59)48-24-23-42-17-9-10-18-47(42)39-48)45-29-36-51(37-30-45)60(49-32-25-43(26-33-49)40-13-5-3-6-14-40)50-34-27-44(28-35-50)41-15-7-4-8-16-41/h3-39H,1-2H3. The molecule has 0 saturated carbocycles. The summed E-state index contributed by atoms with van der Waals surface area (Å²) in [6.07, 6.45) is 0. The topological polar surface area (TPSA) is 3.24 Å². The van der Waals surface area contributed by atoms with E-state index >= 15 is 0 Å². The van der Waals surface area contributed by atoms with Gasteiger partial charge in [0, 0.05) is 22.5 Å². The van der Waals surface area contributed by atoms with Crippen molar-refractivity contribution in [2.45, 2.75) is 19.3 Å². The third-order valence-corrected chi connectivity index (χ3v) is 12.6. The zero-order valence-corrected chi connectivity index (χ0v) is 33.8. The van der Waals surface area contributed by atoms with Crippen LogP contribution in [0.4, 0.5) is 17.1 Å². The van der Waals surface area contributed by atoms with Crippen LogP contribution in [-0.4, -0.2) is 0 Å². The number of benzene rings is 10. The summed E-state index contributed by atoms with van der Waals surface area (Å²) in [4.78, 5) is 2.36. The van der Waals surface area contributed by atoms with Crippen molar-refractivity contribution in [2.75, 3.05) is 4.90 Å². The summed E-state index contributed by atoms with van der Waals surface area (Å²) in [6, 6.07) is 82.3.